The fourth-order valence-electron chi connectivity index (χ4n) is 3.87. The van der Waals surface area contributed by atoms with E-state index < -0.39 is 17.7 Å². The lowest BCUT2D eigenvalue weighted by Crippen LogP contribution is -2.21. The number of halogens is 3. The Hall–Kier alpha value is -3.60. The molecular weight excluding hydrogens is 405 g/mol. The highest BCUT2D eigenvalue weighted by Gasteiger charge is 2.37. The zero-order valence-corrected chi connectivity index (χ0v) is 16.7. The van der Waals surface area contributed by atoms with Crippen molar-refractivity contribution < 1.29 is 17.9 Å². The van der Waals surface area contributed by atoms with E-state index in [1.54, 1.807) is 41.1 Å². The second kappa shape index (κ2) is 8.26. The van der Waals surface area contributed by atoms with Crippen LogP contribution in [0.3, 0.4) is 0 Å². The lowest BCUT2D eigenvalue weighted by molar-refractivity contribution is -0.138. The number of nitriles is 1. The summed E-state index contributed by atoms with van der Waals surface area (Å²) < 4.78 is 47.5. The van der Waals surface area contributed by atoms with E-state index in [0.29, 0.717) is 35.9 Å². The molecule has 0 amide bonds. The van der Waals surface area contributed by atoms with Gasteiger partial charge in [0.2, 0.25) is 0 Å². The van der Waals surface area contributed by atoms with Crippen LogP contribution in [-0.2, 0) is 12.7 Å². The Bertz CT molecular complexity index is 1170. The SMILES string of the molecule is COc1cc(/C=C/c2nc3n(n2)CCC[C@H]3c2ccccc2C(F)(F)F)ccc1C#N. The predicted octanol–water partition coefficient (Wildman–Crippen LogP) is 5.27. The summed E-state index contributed by atoms with van der Waals surface area (Å²) in [6.45, 7) is 0.617. The molecule has 31 heavy (non-hydrogen) atoms. The normalized spacial score (nSPS) is 16.2. The first kappa shape index (κ1) is 20.7. The highest BCUT2D eigenvalue weighted by Crippen LogP contribution is 2.40. The van der Waals surface area contributed by atoms with Crippen molar-refractivity contribution >= 4 is 12.2 Å². The summed E-state index contributed by atoms with van der Waals surface area (Å²) in [6.07, 6.45) is 0.379. The Labute approximate surface area is 177 Å². The third-order valence-electron chi connectivity index (χ3n) is 5.30. The van der Waals surface area contributed by atoms with Crippen LogP contribution in [0.4, 0.5) is 13.2 Å². The minimum Gasteiger partial charge on any atom is -0.495 e. The van der Waals surface area contributed by atoms with Gasteiger partial charge < -0.3 is 4.74 Å². The van der Waals surface area contributed by atoms with Crippen LogP contribution in [0.15, 0.2) is 42.5 Å². The van der Waals surface area contributed by atoms with Crippen LogP contribution in [0.25, 0.3) is 12.2 Å². The molecule has 2 heterocycles. The summed E-state index contributed by atoms with van der Waals surface area (Å²) in [5.41, 5.74) is 0.831. The Kier molecular flexibility index (Phi) is 5.51. The van der Waals surface area contributed by atoms with Crippen LogP contribution in [0, 0.1) is 11.3 Å². The molecule has 1 aliphatic rings. The van der Waals surface area contributed by atoms with Crippen molar-refractivity contribution in [1.29, 1.82) is 5.26 Å². The van der Waals surface area contributed by atoms with E-state index in [4.69, 9.17) is 10.00 Å². The summed E-state index contributed by atoms with van der Waals surface area (Å²) in [5.74, 6) is 0.969. The molecule has 0 saturated carbocycles. The lowest BCUT2D eigenvalue weighted by atomic mass is 9.88. The number of fused-ring (bicyclic) bond motifs is 1. The molecule has 1 aliphatic heterocycles. The maximum absolute atomic E-state index is 13.5. The number of alkyl halides is 3. The van der Waals surface area contributed by atoms with Crippen LogP contribution < -0.4 is 4.74 Å². The van der Waals surface area contributed by atoms with Crippen molar-refractivity contribution in [3.05, 3.63) is 76.4 Å². The number of nitrogens with zero attached hydrogens (tertiary/aromatic N) is 4. The first-order valence-electron chi connectivity index (χ1n) is 9.78. The minimum atomic E-state index is -4.42. The fraction of sp³-hybridized carbons (Fsp3) is 0.261. The van der Waals surface area contributed by atoms with Crippen LogP contribution in [0.2, 0.25) is 0 Å². The maximum Gasteiger partial charge on any atom is 0.416 e. The van der Waals surface area contributed by atoms with Crippen LogP contribution in [-0.4, -0.2) is 21.9 Å². The zero-order valence-electron chi connectivity index (χ0n) is 16.7. The van der Waals surface area contributed by atoms with Gasteiger partial charge in [0.05, 0.1) is 18.2 Å². The molecule has 0 spiro atoms. The van der Waals surface area contributed by atoms with Crippen molar-refractivity contribution in [2.24, 2.45) is 0 Å². The molecule has 2 aromatic carbocycles. The Morgan fingerprint density at radius 2 is 2.00 bits per heavy atom. The van der Waals surface area contributed by atoms with Gasteiger partial charge in [-0.2, -0.15) is 23.5 Å². The van der Waals surface area contributed by atoms with Crippen molar-refractivity contribution in [3.63, 3.8) is 0 Å². The van der Waals surface area contributed by atoms with Gasteiger partial charge in [0.1, 0.15) is 17.6 Å². The van der Waals surface area contributed by atoms with Crippen LogP contribution >= 0.6 is 0 Å². The molecule has 5 nitrogen and oxygen atoms in total. The average molecular weight is 424 g/mol. The maximum atomic E-state index is 13.5. The Balaban J connectivity index is 1.66. The molecule has 0 saturated heterocycles. The number of methoxy groups -OCH3 is 1. The highest BCUT2D eigenvalue weighted by atomic mass is 19.4. The number of hydrogen-bond acceptors (Lipinski definition) is 4. The van der Waals surface area contributed by atoms with Crippen molar-refractivity contribution in [3.8, 4) is 11.8 Å². The van der Waals surface area contributed by atoms with Gasteiger partial charge in [0, 0.05) is 12.5 Å². The topological polar surface area (TPSA) is 63.7 Å². The molecule has 1 atom stereocenters. The molecule has 0 bridgehead atoms. The van der Waals surface area contributed by atoms with Gasteiger partial charge in [-0.25, -0.2) is 9.67 Å². The second-order valence-corrected chi connectivity index (χ2v) is 7.24. The third kappa shape index (κ3) is 4.17. The van der Waals surface area contributed by atoms with Gasteiger partial charge >= 0.3 is 6.18 Å². The summed E-state index contributed by atoms with van der Waals surface area (Å²) in [4.78, 5) is 4.54. The van der Waals surface area contributed by atoms with E-state index in [1.807, 2.05) is 0 Å². The second-order valence-electron chi connectivity index (χ2n) is 7.24. The quantitative estimate of drug-likeness (QED) is 0.572. The van der Waals surface area contributed by atoms with Gasteiger partial charge in [-0.15, -0.1) is 0 Å². The fourth-order valence-corrected chi connectivity index (χ4v) is 3.87. The lowest BCUT2D eigenvalue weighted by Gasteiger charge is -2.25. The summed E-state index contributed by atoms with van der Waals surface area (Å²) in [5, 5.41) is 13.6. The molecule has 1 aromatic heterocycles. The Morgan fingerprint density at radius 1 is 1.19 bits per heavy atom. The smallest absolute Gasteiger partial charge is 0.416 e. The van der Waals surface area contributed by atoms with E-state index >= 15 is 0 Å². The summed E-state index contributed by atoms with van der Waals surface area (Å²) in [6, 6.07) is 12.9. The van der Waals surface area contributed by atoms with Crippen molar-refractivity contribution in [2.45, 2.75) is 31.5 Å². The molecule has 0 aliphatic carbocycles. The zero-order chi connectivity index (χ0) is 22.0. The number of aryl methyl sites for hydroxylation is 1. The van der Waals surface area contributed by atoms with Gasteiger partial charge in [-0.3, -0.25) is 0 Å². The van der Waals surface area contributed by atoms with E-state index in [-0.39, 0.29) is 5.56 Å². The van der Waals surface area contributed by atoms with Gasteiger partial charge in [0.15, 0.2) is 5.82 Å². The minimum absolute atomic E-state index is 0.232. The monoisotopic (exact) mass is 424 g/mol. The number of hydrogen-bond donors (Lipinski definition) is 0. The summed E-state index contributed by atoms with van der Waals surface area (Å²) in [7, 11) is 1.49. The Morgan fingerprint density at radius 3 is 2.74 bits per heavy atom. The molecule has 0 radical (unpaired) electrons. The third-order valence-corrected chi connectivity index (χ3v) is 5.30. The first-order chi connectivity index (χ1) is 14.9. The van der Waals surface area contributed by atoms with Gasteiger partial charge in [-0.05, 0) is 48.2 Å². The average Bonchev–Trinajstić information content (AvgIpc) is 3.20. The van der Waals surface area contributed by atoms with E-state index in [1.165, 1.54) is 19.2 Å². The molecule has 4 rings (SSSR count). The van der Waals surface area contributed by atoms with E-state index in [0.717, 1.165) is 18.1 Å². The van der Waals surface area contributed by atoms with Crippen LogP contribution in [0.5, 0.6) is 5.75 Å². The largest absolute Gasteiger partial charge is 0.495 e. The number of rotatable bonds is 4. The number of benzene rings is 2. The van der Waals surface area contributed by atoms with Crippen molar-refractivity contribution in [2.75, 3.05) is 7.11 Å². The van der Waals surface area contributed by atoms with Crippen LogP contribution in [0.1, 0.15) is 52.7 Å². The van der Waals surface area contributed by atoms with E-state index in [2.05, 4.69) is 16.2 Å². The highest BCUT2D eigenvalue weighted by molar-refractivity contribution is 5.68. The number of ether oxygens (including phenoxy) is 1. The van der Waals surface area contributed by atoms with Gasteiger partial charge in [-0.1, -0.05) is 30.3 Å². The standard InChI is InChI=1S/C23H19F3N4O/c1-31-20-13-15(8-10-16(20)14-27)9-11-21-28-22-18(6-4-12-30(22)29-21)17-5-2-3-7-19(17)23(24,25)26/h2-3,5,7-11,13,18H,4,6,12H2,1H3/b11-9+/t18-/m0/s1. The molecule has 0 unspecified atom stereocenters. The molecule has 0 N–H and O–H groups in total. The van der Waals surface area contributed by atoms with Crippen molar-refractivity contribution in [1.82, 2.24) is 14.8 Å². The summed E-state index contributed by atoms with van der Waals surface area (Å²) >= 11 is 0. The molecule has 3 aromatic rings. The van der Waals surface area contributed by atoms with E-state index in [9.17, 15) is 13.2 Å². The molecule has 0 fully saturated rings. The molecule has 8 heteroatoms. The van der Waals surface area contributed by atoms with Gasteiger partial charge in [0.25, 0.3) is 0 Å². The first-order valence-corrected chi connectivity index (χ1v) is 9.78. The predicted molar refractivity (Wildman–Crippen MR) is 109 cm³/mol. The number of aromatic nitrogens is 3. The molecular formula is C23H19F3N4O. The molecule has 158 valence electrons.